The van der Waals surface area contributed by atoms with E-state index in [0.717, 1.165) is 6.54 Å². The van der Waals surface area contributed by atoms with Gasteiger partial charge in [-0.25, -0.2) is 4.79 Å². The van der Waals surface area contributed by atoms with Gasteiger partial charge in [0.1, 0.15) is 0 Å². The average Bonchev–Trinajstić information content (AvgIpc) is 3.37. The number of amides is 2. The molecule has 3 aliphatic rings. The fourth-order valence-corrected chi connectivity index (χ4v) is 3.39. The predicted molar refractivity (Wildman–Crippen MR) is 80.3 cm³/mol. The van der Waals surface area contributed by atoms with Crippen molar-refractivity contribution in [2.75, 3.05) is 32.9 Å². The fourth-order valence-electron chi connectivity index (χ4n) is 3.39. The molecule has 0 aromatic heterocycles. The van der Waals surface area contributed by atoms with Crippen LogP contribution in [0.5, 0.6) is 0 Å². The second-order valence-electron chi connectivity index (χ2n) is 6.64. The molecule has 3 rings (SSSR count). The van der Waals surface area contributed by atoms with Crippen LogP contribution >= 0.6 is 0 Å². The monoisotopic (exact) mass is 296 g/mol. The lowest BCUT2D eigenvalue weighted by atomic mass is 9.89. The zero-order chi connectivity index (χ0) is 14.5. The summed E-state index contributed by atoms with van der Waals surface area (Å²) in [5, 5.41) is 3.05. The van der Waals surface area contributed by atoms with Crippen LogP contribution in [0.4, 0.5) is 4.79 Å². The molecule has 0 radical (unpaired) electrons. The highest BCUT2D eigenvalue weighted by atomic mass is 16.6. The minimum atomic E-state index is 0.0124. The van der Waals surface area contributed by atoms with E-state index in [1.54, 1.807) is 0 Å². The van der Waals surface area contributed by atoms with Gasteiger partial charge in [-0.05, 0) is 31.6 Å². The van der Waals surface area contributed by atoms with Crippen LogP contribution in [0, 0.1) is 5.92 Å². The van der Waals surface area contributed by atoms with Crippen LogP contribution in [0.15, 0.2) is 0 Å². The molecule has 1 saturated heterocycles. The van der Waals surface area contributed by atoms with E-state index in [1.807, 2.05) is 0 Å². The number of hydrogen-bond acceptors (Lipinski definition) is 3. The maximum atomic E-state index is 12.5. The van der Waals surface area contributed by atoms with Gasteiger partial charge < -0.3 is 19.7 Å². The molecule has 1 aliphatic heterocycles. The van der Waals surface area contributed by atoms with Gasteiger partial charge in [-0.1, -0.05) is 19.3 Å². The van der Waals surface area contributed by atoms with E-state index in [-0.39, 0.29) is 12.1 Å². The van der Waals surface area contributed by atoms with Crippen molar-refractivity contribution in [2.45, 2.75) is 57.1 Å². The van der Waals surface area contributed by atoms with Gasteiger partial charge in [0.25, 0.3) is 0 Å². The van der Waals surface area contributed by atoms with Crippen molar-refractivity contribution in [2.24, 2.45) is 5.92 Å². The normalized spacial score (nSPS) is 27.3. The third-order valence-corrected chi connectivity index (χ3v) is 4.79. The highest BCUT2D eigenvalue weighted by Crippen LogP contribution is 2.31. The molecule has 3 fully saturated rings. The van der Waals surface area contributed by atoms with Gasteiger partial charge in [-0.15, -0.1) is 0 Å². The molecule has 0 unspecified atom stereocenters. The molecule has 1 atom stereocenters. The summed E-state index contributed by atoms with van der Waals surface area (Å²) in [5.74, 6) is 0.708. The number of hydrogen-bond donors (Lipinski definition) is 1. The van der Waals surface area contributed by atoms with Crippen molar-refractivity contribution in [3.05, 3.63) is 0 Å². The van der Waals surface area contributed by atoms with Crippen molar-refractivity contribution >= 4 is 6.03 Å². The van der Waals surface area contributed by atoms with Crippen LogP contribution in [-0.2, 0) is 9.47 Å². The van der Waals surface area contributed by atoms with Gasteiger partial charge in [0, 0.05) is 19.1 Å². The summed E-state index contributed by atoms with van der Waals surface area (Å²) in [6.07, 6.45) is 8.96. The van der Waals surface area contributed by atoms with E-state index in [2.05, 4.69) is 10.2 Å². The Hall–Kier alpha value is -0.810. The minimum absolute atomic E-state index is 0.0124. The minimum Gasteiger partial charge on any atom is -0.376 e. The summed E-state index contributed by atoms with van der Waals surface area (Å²) in [7, 11) is 0. The second kappa shape index (κ2) is 7.45. The first-order valence-corrected chi connectivity index (χ1v) is 8.57. The van der Waals surface area contributed by atoms with Crippen molar-refractivity contribution in [3.8, 4) is 0 Å². The van der Waals surface area contributed by atoms with Gasteiger partial charge in [0.05, 0.1) is 25.9 Å². The van der Waals surface area contributed by atoms with Crippen LogP contribution in [0.2, 0.25) is 0 Å². The zero-order valence-corrected chi connectivity index (χ0v) is 12.9. The Morgan fingerprint density at radius 2 is 1.90 bits per heavy atom. The first kappa shape index (κ1) is 15.1. The van der Waals surface area contributed by atoms with E-state index in [1.165, 1.54) is 44.9 Å². The molecule has 2 saturated carbocycles. The van der Waals surface area contributed by atoms with E-state index < -0.39 is 0 Å². The Bertz CT molecular complexity index is 334. The Morgan fingerprint density at radius 1 is 1.10 bits per heavy atom. The third-order valence-electron chi connectivity index (χ3n) is 4.79. The summed E-state index contributed by atoms with van der Waals surface area (Å²) >= 11 is 0. The highest BCUT2D eigenvalue weighted by Gasteiger charge is 2.34. The van der Waals surface area contributed by atoms with Crippen molar-refractivity contribution in [3.63, 3.8) is 0 Å². The first-order valence-electron chi connectivity index (χ1n) is 8.57. The number of rotatable bonds is 5. The third kappa shape index (κ3) is 4.58. The second-order valence-corrected chi connectivity index (χ2v) is 6.64. The lowest BCUT2D eigenvalue weighted by Gasteiger charge is -2.31. The summed E-state index contributed by atoms with van der Waals surface area (Å²) in [6.45, 7) is 3.40. The molecule has 1 N–H and O–H groups in total. The topological polar surface area (TPSA) is 50.8 Å². The Balaban J connectivity index is 1.44. The van der Waals surface area contributed by atoms with E-state index in [4.69, 9.17) is 9.47 Å². The molecular formula is C16H28N2O3. The van der Waals surface area contributed by atoms with Gasteiger partial charge in [-0.2, -0.15) is 0 Å². The fraction of sp³-hybridized carbons (Fsp3) is 0.938. The van der Waals surface area contributed by atoms with Gasteiger partial charge >= 0.3 is 6.03 Å². The smallest absolute Gasteiger partial charge is 0.317 e. The molecule has 0 bridgehead atoms. The molecule has 21 heavy (non-hydrogen) atoms. The molecule has 0 spiro atoms. The average molecular weight is 296 g/mol. The summed E-state index contributed by atoms with van der Waals surface area (Å²) in [6, 6.07) is 0.577. The number of nitrogens with zero attached hydrogens (tertiary/aromatic N) is 1. The lowest BCUT2D eigenvalue weighted by Crippen LogP contribution is -2.48. The molecular weight excluding hydrogens is 268 g/mol. The van der Waals surface area contributed by atoms with Crippen molar-refractivity contribution < 1.29 is 14.3 Å². The van der Waals surface area contributed by atoms with Gasteiger partial charge in [0.2, 0.25) is 0 Å². The van der Waals surface area contributed by atoms with Crippen LogP contribution < -0.4 is 5.32 Å². The summed E-state index contributed by atoms with van der Waals surface area (Å²) in [5.41, 5.74) is 0. The van der Waals surface area contributed by atoms with E-state index in [9.17, 15) is 4.79 Å². The van der Waals surface area contributed by atoms with Crippen LogP contribution in [0.25, 0.3) is 0 Å². The maximum Gasteiger partial charge on any atom is 0.317 e. The SMILES string of the molecule is O=C(NC[C@H]1COCCO1)N(CC1CCCCC1)C1CC1. The van der Waals surface area contributed by atoms with Gasteiger partial charge in [0.15, 0.2) is 0 Å². The number of carbonyl (C=O) groups excluding carboxylic acids is 1. The van der Waals surface area contributed by atoms with Crippen LogP contribution in [0.1, 0.15) is 44.9 Å². The van der Waals surface area contributed by atoms with Gasteiger partial charge in [-0.3, -0.25) is 0 Å². The number of urea groups is 1. The lowest BCUT2D eigenvalue weighted by molar-refractivity contribution is -0.0856. The molecule has 0 aromatic carbocycles. The molecule has 2 aliphatic carbocycles. The number of nitrogens with one attached hydrogen (secondary N) is 1. The maximum absolute atomic E-state index is 12.5. The van der Waals surface area contributed by atoms with Crippen LogP contribution in [-0.4, -0.2) is 56.0 Å². The molecule has 2 amide bonds. The van der Waals surface area contributed by atoms with Crippen LogP contribution in [0.3, 0.4) is 0 Å². The Kier molecular flexibility index (Phi) is 5.36. The molecule has 0 aromatic rings. The summed E-state index contributed by atoms with van der Waals surface area (Å²) < 4.78 is 10.9. The van der Waals surface area contributed by atoms with Crippen molar-refractivity contribution in [1.29, 1.82) is 0 Å². The molecule has 1 heterocycles. The number of carbonyl (C=O) groups is 1. The quantitative estimate of drug-likeness (QED) is 0.846. The molecule has 120 valence electrons. The zero-order valence-electron chi connectivity index (χ0n) is 12.9. The van der Waals surface area contributed by atoms with E-state index >= 15 is 0 Å². The predicted octanol–water partition coefficient (Wildman–Crippen LogP) is 2.16. The Labute approximate surface area is 127 Å². The van der Waals surface area contributed by atoms with E-state index in [0.29, 0.717) is 38.3 Å². The standard InChI is InChI=1S/C16H28N2O3/c19-16(17-10-15-12-20-8-9-21-15)18(14-6-7-14)11-13-4-2-1-3-5-13/h13-15H,1-12H2,(H,17,19)/t15-/m0/s1. The Morgan fingerprint density at radius 3 is 2.57 bits per heavy atom. The molecule has 5 nitrogen and oxygen atoms in total. The molecule has 5 heteroatoms. The van der Waals surface area contributed by atoms with Crippen molar-refractivity contribution in [1.82, 2.24) is 10.2 Å². The highest BCUT2D eigenvalue weighted by molar-refractivity contribution is 5.75. The first-order chi connectivity index (χ1) is 10.3. The largest absolute Gasteiger partial charge is 0.376 e. The summed E-state index contributed by atoms with van der Waals surface area (Å²) in [4.78, 5) is 14.5. The number of ether oxygens (including phenoxy) is 2.